The van der Waals surface area contributed by atoms with Crippen LogP contribution in [0.2, 0.25) is 11.6 Å². The summed E-state index contributed by atoms with van der Waals surface area (Å²) in [5, 5.41) is 17.2. The molecular formula is C42H60B2O15. The normalized spacial score (nSPS) is 15.1. The fourth-order valence-electron chi connectivity index (χ4n) is 6.66. The van der Waals surface area contributed by atoms with E-state index in [1.807, 2.05) is 40.7 Å². The number of aliphatic hydroxyl groups is 1. The molecule has 2 aromatic rings. The Hall–Kier alpha value is -4.73. The second-order valence-electron chi connectivity index (χ2n) is 14.0. The molecule has 2 aliphatic rings. The number of para-hydroxylation sites is 2. The van der Waals surface area contributed by atoms with E-state index in [1.165, 1.54) is 13.2 Å². The predicted octanol–water partition coefficient (Wildman–Crippen LogP) is 6.13. The largest absolute Gasteiger partial charge is 0.535 e. The highest BCUT2D eigenvalue weighted by Gasteiger charge is 2.40. The Balaban J connectivity index is 0.000000391. The first kappa shape index (κ1) is 50.4. The second kappa shape index (κ2) is 26.4. The molecule has 0 aromatic heterocycles. The summed E-state index contributed by atoms with van der Waals surface area (Å²) in [5.41, 5.74) is 1.93. The smallest absolute Gasteiger partial charge is 0.529 e. The molecule has 2 aromatic carbocycles. The van der Waals surface area contributed by atoms with Gasteiger partial charge in [-0.05, 0) is 61.8 Å². The van der Waals surface area contributed by atoms with E-state index in [-0.39, 0.29) is 64.3 Å². The highest BCUT2D eigenvalue weighted by Crippen LogP contribution is 2.38. The van der Waals surface area contributed by atoms with Crippen molar-refractivity contribution in [1.29, 1.82) is 0 Å². The molecule has 0 saturated carbocycles. The third-order valence-electron chi connectivity index (χ3n) is 10.3. The molecule has 0 amide bonds. The van der Waals surface area contributed by atoms with Crippen LogP contribution in [0.5, 0.6) is 11.5 Å². The molecule has 324 valence electrons. The summed E-state index contributed by atoms with van der Waals surface area (Å²) in [7, 11) is 0.710. The number of rotatable bonds is 19. The highest BCUT2D eigenvalue weighted by molar-refractivity contribution is 6.48. The summed E-state index contributed by atoms with van der Waals surface area (Å²) in [4.78, 5) is 72.2. The highest BCUT2D eigenvalue weighted by atomic mass is 16.7. The number of fused-ring (bicyclic) bond motifs is 2. The number of esters is 4. The van der Waals surface area contributed by atoms with Crippen LogP contribution >= 0.6 is 0 Å². The summed E-state index contributed by atoms with van der Waals surface area (Å²) in [6, 6.07) is 10.2. The molecule has 2 N–H and O–H groups in total. The van der Waals surface area contributed by atoms with Gasteiger partial charge >= 0.3 is 38.1 Å². The molecule has 0 bridgehead atoms. The van der Waals surface area contributed by atoms with Gasteiger partial charge in [-0.15, -0.1) is 0 Å². The van der Waals surface area contributed by atoms with Crippen molar-refractivity contribution in [3.8, 4) is 11.5 Å². The average Bonchev–Trinajstić information content (AvgIpc) is 3.24. The van der Waals surface area contributed by atoms with E-state index in [0.717, 1.165) is 18.2 Å². The maximum absolute atomic E-state index is 12.5. The molecule has 2 atom stereocenters. The number of benzene rings is 2. The van der Waals surface area contributed by atoms with E-state index in [0.29, 0.717) is 63.5 Å². The van der Waals surface area contributed by atoms with Gasteiger partial charge in [0.15, 0.2) is 0 Å². The monoisotopic (exact) mass is 826 g/mol. The van der Waals surface area contributed by atoms with Crippen LogP contribution in [-0.2, 0) is 55.6 Å². The van der Waals surface area contributed by atoms with E-state index < -0.39 is 45.7 Å². The van der Waals surface area contributed by atoms with Gasteiger partial charge in [0.1, 0.15) is 34.2 Å². The molecule has 15 nitrogen and oxygen atoms in total. The Morgan fingerprint density at radius 3 is 1.46 bits per heavy atom. The zero-order chi connectivity index (χ0) is 44.1. The van der Waals surface area contributed by atoms with Crippen LogP contribution in [0.4, 0.5) is 0 Å². The number of hydrogen-bond donors (Lipinski definition) is 2. The quantitative estimate of drug-likeness (QED) is 0.0928. The average molecular weight is 827 g/mol. The van der Waals surface area contributed by atoms with Crippen LogP contribution in [0.25, 0.3) is 0 Å². The summed E-state index contributed by atoms with van der Waals surface area (Å²) >= 11 is 0. The van der Waals surface area contributed by atoms with Crippen molar-refractivity contribution in [3.63, 3.8) is 0 Å². The Labute approximate surface area is 348 Å². The molecule has 2 aliphatic heterocycles. The van der Waals surface area contributed by atoms with E-state index in [4.69, 9.17) is 38.0 Å². The van der Waals surface area contributed by atoms with Gasteiger partial charge in [-0.2, -0.15) is 0 Å². The molecule has 2 heterocycles. The fraction of sp³-hybridized carbons (Fsp3) is 0.571. The van der Waals surface area contributed by atoms with Crippen LogP contribution in [0.1, 0.15) is 125 Å². The molecule has 0 radical (unpaired) electrons. The van der Waals surface area contributed by atoms with E-state index >= 15 is 0 Å². The first-order valence-corrected chi connectivity index (χ1v) is 20.3. The lowest BCUT2D eigenvalue weighted by molar-refractivity contribution is -0.158. The van der Waals surface area contributed by atoms with Gasteiger partial charge in [-0.3, -0.25) is 19.2 Å². The van der Waals surface area contributed by atoms with Crippen LogP contribution in [0.15, 0.2) is 36.4 Å². The van der Waals surface area contributed by atoms with E-state index in [1.54, 1.807) is 31.2 Å². The van der Waals surface area contributed by atoms with E-state index in [9.17, 15) is 33.8 Å². The molecular weight excluding hydrogens is 766 g/mol. The first-order valence-electron chi connectivity index (χ1n) is 20.3. The summed E-state index contributed by atoms with van der Waals surface area (Å²) in [6.45, 7) is 10.3. The number of Topliss-reactive ketones (excluding diaryl/α,β-unsaturated/α-hetero) is 2. The SMILES string of the molecule is CCC(=O)C[C@H]1Cc2cccc(C(=O)OCOC(=O)C(CC)CC)c2OB1O.CCC(=O)C[C@H]1Cc2cccc(C(=O)OCOC(=O)C(CC)CC)c2OB1OC.CO. The van der Waals surface area contributed by atoms with Gasteiger partial charge in [-0.1, -0.05) is 65.8 Å². The van der Waals surface area contributed by atoms with Crippen molar-refractivity contribution < 1.29 is 71.8 Å². The summed E-state index contributed by atoms with van der Waals surface area (Å²) < 4.78 is 37.1. The first-order chi connectivity index (χ1) is 28.3. The van der Waals surface area contributed by atoms with Crippen molar-refractivity contribution in [2.45, 2.75) is 117 Å². The van der Waals surface area contributed by atoms with Crippen molar-refractivity contribution in [2.75, 3.05) is 27.8 Å². The lowest BCUT2D eigenvalue weighted by Gasteiger charge is -2.30. The van der Waals surface area contributed by atoms with Crippen LogP contribution in [0, 0.1) is 11.8 Å². The fourth-order valence-corrected chi connectivity index (χ4v) is 6.66. The molecule has 0 fully saturated rings. The van der Waals surface area contributed by atoms with Gasteiger partial charge in [0.05, 0.1) is 11.8 Å². The van der Waals surface area contributed by atoms with Gasteiger partial charge < -0.3 is 43.0 Å². The Bertz CT molecular complexity index is 1690. The van der Waals surface area contributed by atoms with Crippen LogP contribution < -0.4 is 9.31 Å². The molecule has 59 heavy (non-hydrogen) atoms. The zero-order valence-electron chi connectivity index (χ0n) is 35.6. The van der Waals surface area contributed by atoms with Crippen molar-refractivity contribution in [3.05, 3.63) is 58.7 Å². The Morgan fingerprint density at radius 1 is 0.644 bits per heavy atom. The van der Waals surface area contributed by atoms with Gasteiger partial charge in [-0.25, -0.2) is 9.59 Å². The summed E-state index contributed by atoms with van der Waals surface area (Å²) in [6.07, 6.45) is 5.07. The lowest BCUT2D eigenvalue weighted by Crippen LogP contribution is -2.37. The second-order valence-corrected chi connectivity index (χ2v) is 14.0. The van der Waals surface area contributed by atoms with E-state index in [2.05, 4.69) is 0 Å². The number of carbonyl (C=O) groups is 6. The predicted molar refractivity (Wildman–Crippen MR) is 219 cm³/mol. The Morgan fingerprint density at radius 2 is 1.05 bits per heavy atom. The molecule has 17 heteroatoms. The van der Waals surface area contributed by atoms with Gasteiger partial charge in [0.25, 0.3) is 0 Å². The minimum Gasteiger partial charge on any atom is -0.535 e. The minimum atomic E-state index is -1.18. The maximum Gasteiger partial charge on any atom is 0.529 e. The standard InChI is InChI=1S/C21H29BO7.C20H27BO7.CH4O/c1-5-14(6-2)20(24)27-13-28-21(25)18-10-8-9-15-11-16(12-17(23)7-3)22(26-4)29-19(15)18;1-4-13(5-2)19(23)26-12-27-20(24)17-9-7-8-14-10-15(11-16(22)6-3)21(25)28-18(14)17;1-2/h8-10,14,16H,5-7,11-13H2,1-4H3;7-9,13,15,25H,4-6,10-12H2,1-3H3;2H,1H3/t16-;15-;/m11./s1. The topological polar surface area (TPSA) is 207 Å². The van der Waals surface area contributed by atoms with Gasteiger partial charge in [0, 0.05) is 51.5 Å². The maximum atomic E-state index is 12.5. The van der Waals surface area contributed by atoms with Crippen molar-refractivity contribution in [1.82, 2.24) is 0 Å². The number of ether oxygens (including phenoxy) is 4. The third-order valence-corrected chi connectivity index (χ3v) is 10.3. The molecule has 0 spiro atoms. The summed E-state index contributed by atoms with van der Waals surface area (Å²) in [5.74, 6) is -2.20. The number of aliphatic hydroxyl groups excluding tert-OH is 1. The number of ketones is 2. The molecule has 0 saturated heterocycles. The van der Waals surface area contributed by atoms with Crippen LogP contribution in [-0.4, -0.2) is 87.6 Å². The lowest BCUT2D eigenvalue weighted by atomic mass is 9.64. The molecule has 0 unspecified atom stereocenters. The molecule has 0 aliphatic carbocycles. The zero-order valence-corrected chi connectivity index (χ0v) is 35.6. The van der Waals surface area contributed by atoms with Crippen molar-refractivity contribution >= 4 is 49.7 Å². The van der Waals surface area contributed by atoms with Crippen LogP contribution in [0.3, 0.4) is 0 Å². The minimum absolute atomic E-state index is 0.0472. The number of hydrogen-bond acceptors (Lipinski definition) is 15. The van der Waals surface area contributed by atoms with Crippen molar-refractivity contribution in [2.24, 2.45) is 11.8 Å². The molecule has 4 rings (SSSR count). The number of carbonyl (C=O) groups excluding carboxylic acids is 6. The van der Waals surface area contributed by atoms with Gasteiger partial charge in [0.2, 0.25) is 13.6 Å². The third kappa shape index (κ3) is 14.8. The Kier molecular flexibility index (Phi) is 22.5.